The molecule has 0 aliphatic carbocycles. The summed E-state index contributed by atoms with van der Waals surface area (Å²) >= 11 is 0.980. The molecule has 2 aromatic rings. The molecule has 1 unspecified atom stereocenters. The summed E-state index contributed by atoms with van der Waals surface area (Å²) in [5, 5.41) is 16.2. The zero-order valence-corrected chi connectivity index (χ0v) is 17.0. The summed E-state index contributed by atoms with van der Waals surface area (Å²) in [5.41, 5.74) is 1.91. The molecule has 6 nitrogen and oxygen atoms in total. The average molecular weight is 378 g/mol. The number of hydrogen-bond acceptors (Lipinski definition) is 7. The first-order chi connectivity index (χ1) is 12.1. The van der Waals surface area contributed by atoms with Crippen molar-refractivity contribution >= 4 is 22.9 Å². The third-order valence-electron chi connectivity index (χ3n) is 5.25. The molecule has 142 valence electrons. The third-order valence-corrected chi connectivity index (χ3v) is 5.99. The molecular weight excluding hydrogens is 350 g/mol. The zero-order chi connectivity index (χ0) is 19.3. The maximum atomic E-state index is 10.8. The fourth-order valence-corrected chi connectivity index (χ4v) is 4.28. The lowest BCUT2D eigenvalue weighted by molar-refractivity contribution is -0.216. The van der Waals surface area contributed by atoms with E-state index in [0.717, 1.165) is 39.8 Å². The van der Waals surface area contributed by atoms with Gasteiger partial charge in [0.05, 0.1) is 11.1 Å². The molecule has 0 bridgehead atoms. The Hall–Kier alpha value is -1.41. The second kappa shape index (κ2) is 6.64. The van der Waals surface area contributed by atoms with Gasteiger partial charge in [0, 0.05) is 34.5 Å². The molecule has 2 N–H and O–H groups in total. The molecule has 3 rings (SSSR count). The van der Waals surface area contributed by atoms with Crippen LogP contribution in [0.15, 0.2) is 27.2 Å². The van der Waals surface area contributed by atoms with Crippen LogP contribution in [0.4, 0.5) is 0 Å². The van der Waals surface area contributed by atoms with E-state index < -0.39 is 11.1 Å². The first kappa shape index (κ1) is 19.4. The average Bonchev–Trinajstić information content (AvgIpc) is 3.03. The highest BCUT2D eigenvalue weighted by Crippen LogP contribution is 2.49. The molecule has 0 saturated carbocycles. The van der Waals surface area contributed by atoms with Gasteiger partial charge in [0.1, 0.15) is 16.6 Å². The summed E-state index contributed by atoms with van der Waals surface area (Å²) in [5.74, 6) is 0.734. The molecule has 1 aliphatic rings. The standard InChI is InChI=1S/C19H27N3O3S/c1-11(2)20-10-17(26-21-23)16-8-12-7-13-14(9-15(12)25-16)19(5,6)22(24)18(13,3)4/h7-9,11,17,20,24H,10H2,1-6H3. The summed E-state index contributed by atoms with van der Waals surface area (Å²) in [6, 6.07) is 6.39. The highest BCUT2D eigenvalue weighted by atomic mass is 32.2. The van der Waals surface area contributed by atoms with Crippen molar-refractivity contribution in [3.05, 3.63) is 40.0 Å². The molecule has 0 saturated heterocycles. The quantitative estimate of drug-likeness (QED) is 0.541. The maximum Gasteiger partial charge on any atom is 0.134 e. The van der Waals surface area contributed by atoms with Crippen molar-refractivity contribution in [2.45, 2.75) is 63.9 Å². The molecule has 1 atom stereocenters. The Bertz CT molecular complexity index is 776. The number of nitroso groups, excluding NO2 is 1. The predicted molar refractivity (Wildman–Crippen MR) is 105 cm³/mol. The molecule has 0 spiro atoms. The van der Waals surface area contributed by atoms with Gasteiger partial charge < -0.3 is 14.9 Å². The molecule has 1 aromatic heterocycles. The Morgan fingerprint density at radius 3 is 2.38 bits per heavy atom. The summed E-state index contributed by atoms with van der Waals surface area (Å²) in [4.78, 5) is 10.8. The van der Waals surface area contributed by atoms with Gasteiger partial charge in [0.15, 0.2) is 0 Å². The van der Waals surface area contributed by atoms with Crippen LogP contribution < -0.4 is 5.32 Å². The van der Waals surface area contributed by atoms with E-state index in [1.54, 1.807) is 0 Å². The molecule has 1 aromatic carbocycles. The van der Waals surface area contributed by atoms with Gasteiger partial charge in [-0.05, 0) is 57.0 Å². The fraction of sp³-hybridized carbons (Fsp3) is 0.579. The SMILES string of the molecule is CC(C)NCC(SN=O)c1cc2cc3c(cc2o1)C(C)(C)N(O)C3(C)C. The normalized spacial score (nSPS) is 19.8. The van der Waals surface area contributed by atoms with E-state index in [4.69, 9.17) is 4.42 Å². The van der Waals surface area contributed by atoms with Crippen molar-refractivity contribution in [1.29, 1.82) is 0 Å². The van der Waals surface area contributed by atoms with Crippen molar-refractivity contribution in [2.75, 3.05) is 6.54 Å². The number of rotatable bonds is 6. The van der Waals surface area contributed by atoms with Crippen LogP contribution in [0.3, 0.4) is 0 Å². The van der Waals surface area contributed by atoms with E-state index in [0.29, 0.717) is 12.6 Å². The number of hydrogen-bond donors (Lipinski definition) is 2. The molecule has 26 heavy (non-hydrogen) atoms. The van der Waals surface area contributed by atoms with Crippen molar-refractivity contribution in [1.82, 2.24) is 10.4 Å². The Morgan fingerprint density at radius 1 is 1.19 bits per heavy atom. The van der Waals surface area contributed by atoms with E-state index in [2.05, 4.69) is 29.8 Å². The number of nitrogens with zero attached hydrogens (tertiary/aromatic N) is 2. The largest absolute Gasteiger partial charge is 0.460 e. The molecule has 7 heteroatoms. The summed E-state index contributed by atoms with van der Waals surface area (Å²) < 4.78 is 9.08. The van der Waals surface area contributed by atoms with E-state index >= 15 is 0 Å². The lowest BCUT2D eigenvalue weighted by Gasteiger charge is -2.34. The summed E-state index contributed by atoms with van der Waals surface area (Å²) in [6.07, 6.45) is 0. The van der Waals surface area contributed by atoms with Crippen LogP contribution in [0.1, 0.15) is 63.7 Å². The van der Waals surface area contributed by atoms with E-state index in [1.807, 2.05) is 39.8 Å². The van der Waals surface area contributed by atoms with Gasteiger partial charge in [-0.2, -0.15) is 5.06 Å². The minimum absolute atomic E-state index is 0.174. The van der Waals surface area contributed by atoms with Crippen molar-refractivity contribution in [3.8, 4) is 0 Å². The number of benzene rings is 1. The monoisotopic (exact) mass is 377 g/mol. The number of nitrogens with one attached hydrogen (secondary N) is 1. The van der Waals surface area contributed by atoms with Crippen LogP contribution in [0, 0.1) is 4.91 Å². The Kier molecular flexibility index (Phi) is 4.94. The molecule has 0 fully saturated rings. The molecule has 0 radical (unpaired) electrons. The maximum absolute atomic E-state index is 10.8. The highest BCUT2D eigenvalue weighted by molar-refractivity contribution is 7.98. The van der Waals surface area contributed by atoms with Crippen LogP contribution in [0.5, 0.6) is 0 Å². The Labute approximate surface area is 158 Å². The van der Waals surface area contributed by atoms with E-state index in [1.165, 1.54) is 5.06 Å². The van der Waals surface area contributed by atoms with Gasteiger partial charge in [-0.3, -0.25) is 0 Å². The van der Waals surface area contributed by atoms with Gasteiger partial charge in [-0.25, -0.2) is 0 Å². The Morgan fingerprint density at radius 2 is 1.81 bits per heavy atom. The summed E-state index contributed by atoms with van der Waals surface area (Å²) in [6.45, 7) is 12.7. The van der Waals surface area contributed by atoms with Crippen LogP contribution in [-0.4, -0.2) is 22.9 Å². The molecule has 1 aliphatic heterocycles. The van der Waals surface area contributed by atoms with Crippen LogP contribution in [-0.2, 0) is 11.1 Å². The van der Waals surface area contributed by atoms with Crippen LogP contribution >= 0.6 is 11.9 Å². The number of furan rings is 1. The summed E-state index contributed by atoms with van der Waals surface area (Å²) in [7, 11) is 0. The first-order valence-corrected chi connectivity index (χ1v) is 9.72. The van der Waals surface area contributed by atoms with Crippen molar-refractivity contribution in [3.63, 3.8) is 0 Å². The van der Waals surface area contributed by atoms with E-state index in [-0.39, 0.29) is 5.25 Å². The molecule has 0 amide bonds. The fourth-order valence-electron chi connectivity index (χ4n) is 3.79. The molecular formula is C19H27N3O3S. The van der Waals surface area contributed by atoms with Crippen LogP contribution in [0.25, 0.3) is 11.0 Å². The van der Waals surface area contributed by atoms with Crippen molar-refractivity contribution < 1.29 is 9.62 Å². The lowest BCUT2D eigenvalue weighted by Crippen LogP contribution is -2.42. The Balaban J connectivity index is 2.04. The molecule has 2 heterocycles. The van der Waals surface area contributed by atoms with Crippen molar-refractivity contribution in [2.24, 2.45) is 4.58 Å². The second-order valence-corrected chi connectivity index (χ2v) is 9.17. The minimum atomic E-state index is -0.502. The van der Waals surface area contributed by atoms with Gasteiger partial charge in [0.25, 0.3) is 0 Å². The lowest BCUT2D eigenvalue weighted by atomic mass is 9.90. The third kappa shape index (κ3) is 3.07. The number of fused-ring (bicyclic) bond motifs is 2. The predicted octanol–water partition coefficient (Wildman–Crippen LogP) is 5.06. The minimum Gasteiger partial charge on any atom is -0.460 e. The van der Waals surface area contributed by atoms with Gasteiger partial charge >= 0.3 is 0 Å². The first-order valence-electron chi connectivity index (χ1n) is 8.88. The second-order valence-electron chi connectivity index (χ2n) is 8.25. The van der Waals surface area contributed by atoms with Gasteiger partial charge in [0.2, 0.25) is 0 Å². The van der Waals surface area contributed by atoms with Gasteiger partial charge in [-0.15, -0.1) is 4.91 Å². The zero-order valence-electron chi connectivity index (χ0n) is 16.2. The van der Waals surface area contributed by atoms with E-state index in [9.17, 15) is 10.1 Å². The topological polar surface area (TPSA) is 78.1 Å². The smallest absolute Gasteiger partial charge is 0.134 e. The van der Waals surface area contributed by atoms with Gasteiger partial charge in [-0.1, -0.05) is 13.8 Å². The highest BCUT2D eigenvalue weighted by Gasteiger charge is 2.49. The number of hydroxylamine groups is 2. The van der Waals surface area contributed by atoms with Crippen LogP contribution in [0.2, 0.25) is 0 Å².